The molecule has 26 heavy (non-hydrogen) atoms. The number of aromatic nitrogens is 1. The summed E-state index contributed by atoms with van der Waals surface area (Å²) in [5, 5.41) is 16.0. The van der Waals surface area contributed by atoms with E-state index >= 15 is 0 Å². The fourth-order valence-corrected chi connectivity index (χ4v) is 4.11. The van der Waals surface area contributed by atoms with Crippen molar-refractivity contribution in [1.29, 1.82) is 0 Å². The topological polar surface area (TPSA) is 33.1 Å². The number of phenols is 1. The van der Waals surface area contributed by atoms with Gasteiger partial charge in [-0.05, 0) is 22.9 Å². The van der Waals surface area contributed by atoms with Crippen LogP contribution in [0.4, 0.5) is 0 Å². The van der Waals surface area contributed by atoms with Gasteiger partial charge in [0, 0.05) is 26.2 Å². The Morgan fingerprint density at radius 1 is 0.692 bits per heavy atom. The van der Waals surface area contributed by atoms with Crippen molar-refractivity contribution in [1.82, 2.24) is 4.98 Å². The SMILES string of the molecule is Oc1cccc2c1nc(-c1ccccc1Br)c1ccc3ccccc3c12. The molecule has 5 aromatic rings. The molecule has 0 saturated heterocycles. The van der Waals surface area contributed by atoms with Gasteiger partial charge in [0.25, 0.3) is 0 Å². The molecule has 0 aliphatic carbocycles. The lowest BCUT2D eigenvalue weighted by atomic mass is 9.95. The largest absolute Gasteiger partial charge is 0.506 e. The fraction of sp³-hybridized carbons (Fsp3) is 0. The molecule has 0 aliphatic heterocycles. The lowest BCUT2D eigenvalue weighted by Gasteiger charge is -2.14. The lowest BCUT2D eigenvalue weighted by molar-refractivity contribution is 0.480. The van der Waals surface area contributed by atoms with Crippen LogP contribution in [0.3, 0.4) is 0 Å². The number of nitrogens with zero attached hydrogens (tertiary/aromatic N) is 1. The van der Waals surface area contributed by atoms with Crippen molar-refractivity contribution < 1.29 is 5.11 Å². The Hall–Kier alpha value is -2.91. The molecular formula is C23H14BrNO. The Morgan fingerprint density at radius 2 is 1.46 bits per heavy atom. The van der Waals surface area contributed by atoms with Crippen LogP contribution < -0.4 is 0 Å². The highest BCUT2D eigenvalue weighted by molar-refractivity contribution is 9.10. The van der Waals surface area contributed by atoms with E-state index in [4.69, 9.17) is 4.98 Å². The van der Waals surface area contributed by atoms with E-state index in [9.17, 15) is 5.11 Å². The molecule has 0 amide bonds. The van der Waals surface area contributed by atoms with Crippen LogP contribution in [-0.2, 0) is 0 Å². The molecule has 0 spiro atoms. The average molecular weight is 400 g/mol. The van der Waals surface area contributed by atoms with Gasteiger partial charge in [-0.1, -0.05) is 82.7 Å². The lowest BCUT2D eigenvalue weighted by Crippen LogP contribution is -1.92. The van der Waals surface area contributed by atoms with Crippen molar-refractivity contribution in [3.63, 3.8) is 0 Å². The molecule has 2 nitrogen and oxygen atoms in total. The van der Waals surface area contributed by atoms with Crippen LogP contribution in [0.15, 0.2) is 83.3 Å². The first-order chi connectivity index (χ1) is 12.7. The van der Waals surface area contributed by atoms with Crippen LogP contribution in [-0.4, -0.2) is 10.1 Å². The van der Waals surface area contributed by atoms with E-state index in [1.54, 1.807) is 6.07 Å². The third kappa shape index (κ3) is 2.21. The van der Waals surface area contributed by atoms with Crippen molar-refractivity contribution in [3.8, 4) is 17.0 Å². The summed E-state index contributed by atoms with van der Waals surface area (Å²) in [6.45, 7) is 0. The van der Waals surface area contributed by atoms with Gasteiger partial charge in [0.1, 0.15) is 11.3 Å². The van der Waals surface area contributed by atoms with Gasteiger partial charge in [-0.25, -0.2) is 4.98 Å². The van der Waals surface area contributed by atoms with E-state index in [0.717, 1.165) is 37.3 Å². The number of halogens is 1. The van der Waals surface area contributed by atoms with Crippen LogP contribution in [0.2, 0.25) is 0 Å². The van der Waals surface area contributed by atoms with E-state index in [1.807, 2.05) is 42.5 Å². The van der Waals surface area contributed by atoms with Gasteiger partial charge < -0.3 is 5.11 Å². The molecule has 0 aliphatic rings. The van der Waals surface area contributed by atoms with Crippen LogP contribution >= 0.6 is 15.9 Å². The van der Waals surface area contributed by atoms with Crippen molar-refractivity contribution in [2.45, 2.75) is 0 Å². The first kappa shape index (κ1) is 15.4. The molecule has 0 bridgehead atoms. The molecule has 0 atom stereocenters. The van der Waals surface area contributed by atoms with Crippen LogP contribution in [0, 0.1) is 0 Å². The standard InChI is InChI=1S/C23H14BrNO/c24-19-10-4-3-8-16(19)22-18-13-12-14-6-1-2-7-15(14)21(18)17-9-5-11-20(26)23(17)25-22/h1-13,26H. The maximum absolute atomic E-state index is 10.5. The quantitative estimate of drug-likeness (QED) is 0.319. The molecule has 124 valence electrons. The molecule has 0 unspecified atom stereocenters. The number of hydrogen-bond acceptors (Lipinski definition) is 2. The molecule has 1 aromatic heterocycles. The first-order valence-corrected chi connectivity index (χ1v) is 9.21. The van der Waals surface area contributed by atoms with Crippen LogP contribution in [0.1, 0.15) is 0 Å². The van der Waals surface area contributed by atoms with Gasteiger partial charge in [-0.15, -0.1) is 0 Å². The second-order valence-electron chi connectivity index (χ2n) is 6.32. The van der Waals surface area contributed by atoms with E-state index in [0.29, 0.717) is 5.52 Å². The Morgan fingerprint density at radius 3 is 2.35 bits per heavy atom. The Kier molecular flexibility index (Phi) is 3.44. The fourth-order valence-electron chi connectivity index (χ4n) is 3.64. The second-order valence-corrected chi connectivity index (χ2v) is 7.18. The van der Waals surface area contributed by atoms with Gasteiger partial charge in [-0.2, -0.15) is 0 Å². The highest BCUT2D eigenvalue weighted by Gasteiger charge is 2.15. The Labute approximate surface area is 158 Å². The van der Waals surface area contributed by atoms with Crippen molar-refractivity contribution in [2.75, 3.05) is 0 Å². The first-order valence-electron chi connectivity index (χ1n) is 8.42. The zero-order valence-electron chi connectivity index (χ0n) is 13.8. The Bertz CT molecular complexity index is 1310. The zero-order valence-corrected chi connectivity index (χ0v) is 15.4. The summed E-state index contributed by atoms with van der Waals surface area (Å²) >= 11 is 3.65. The minimum atomic E-state index is 0.200. The van der Waals surface area contributed by atoms with Gasteiger partial charge >= 0.3 is 0 Å². The molecule has 1 heterocycles. The van der Waals surface area contributed by atoms with Crippen molar-refractivity contribution in [2.24, 2.45) is 0 Å². The molecule has 1 N–H and O–H groups in total. The molecule has 4 aromatic carbocycles. The van der Waals surface area contributed by atoms with E-state index in [2.05, 4.69) is 46.3 Å². The summed E-state index contributed by atoms with van der Waals surface area (Å²) in [7, 11) is 0. The highest BCUT2D eigenvalue weighted by Crippen LogP contribution is 2.40. The number of hydrogen-bond donors (Lipinski definition) is 1. The average Bonchev–Trinajstić information content (AvgIpc) is 2.68. The minimum Gasteiger partial charge on any atom is -0.506 e. The number of pyridine rings is 1. The monoisotopic (exact) mass is 399 g/mol. The molecular weight excluding hydrogens is 386 g/mol. The smallest absolute Gasteiger partial charge is 0.141 e. The maximum atomic E-state index is 10.5. The maximum Gasteiger partial charge on any atom is 0.141 e. The van der Waals surface area contributed by atoms with Crippen LogP contribution in [0.5, 0.6) is 5.75 Å². The number of fused-ring (bicyclic) bond motifs is 5. The molecule has 0 fully saturated rings. The summed E-state index contributed by atoms with van der Waals surface area (Å²) < 4.78 is 0.983. The molecule has 3 heteroatoms. The number of phenolic OH excluding ortho intramolecular Hbond substituents is 1. The molecule has 5 rings (SSSR count). The number of aromatic hydroxyl groups is 1. The highest BCUT2D eigenvalue weighted by atomic mass is 79.9. The number of para-hydroxylation sites is 1. The van der Waals surface area contributed by atoms with Gasteiger partial charge in [0.15, 0.2) is 0 Å². The van der Waals surface area contributed by atoms with Crippen molar-refractivity contribution >= 4 is 48.4 Å². The summed E-state index contributed by atoms with van der Waals surface area (Å²) in [5.74, 6) is 0.200. The third-order valence-corrected chi connectivity index (χ3v) is 5.51. The van der Waals surface area contributed by atoms with E-state index in [-0.39, 0.29) is 5.75 Å². The summed E-state index contributed by atoms with van der Waals surface area (Å²) in [4.78, 5) is 4.86. The minimum absolute atomic E-state index is 0.200. The zero-order chi connectivity index (χ0) is 17.7. The molecule has 0 radical (unpaired) electrons. The van der Waals surface area contributed by atoms with Crippen molar-refractivity contribution in [3.05, 3.63) is 83.3 Å². The van der Waals surface area contributed by atoms with E-state index < -0.39 is 0 Å². The predicted octanol–water partition coefficient (Wildman–Crippen LogP) is 6.68. The summed E-state index contributed by atoms with van der Waals surface area (Å²) in [5.41, 5.74) is 2.51. The van der Waals surface area contributed by atoms with Gasteiger partial charge in [0.05, 0.1) is 5.69 Å². The Balaban J connectivity index is 2.08. The third-order valence-electron chi connectivity index (χ3n) is 4.82. The summed E-state index contributed by atoms with van der Waals surface area (Å²) in [6, 6.07) is 26.2. The summed E-state index contributed by atoms with van der Waals surface area (Å²) in [6.07, 6.45) is 0. The molecule has 0 saturated carbocycles. The van der Waals surface area contributed by atoms with E-state index in [1.165, 1.54) is 5.39 Å². The number of rotatable bonds is 1. The van der Waals surface area contributed by atoms with Gasteiger partial charge in [0.2, 0.25) is 0 Å². The predicted molar refractivity (Wildman–Crippen MR) is 112 cm³/mol. The number of benzene rings is 4. The second kappa shape index (κ2) is 5.82. The van der Waals surface area contributed by atoms with Crippen LogP contribution in [0.25, 0.3) is 43.7 Å². The van der Waals surface area contributed by atoms with Gasteiger partial charge in [-0.3, -0.25) is 0 Å². The normalized spacial score (nSPS) is 11.4.